The number of amides is 1. The molecule has 9 nitrogen and oxygen atoms in total. The summed E-state index contributed by atoms with van der Waals surface area (Å²) in [4.78, 5) is 51.4. The molecule has 1 amide bonds. The summed E-state index contributed by atoms with van der Waals surface area (Å²) < 4.78 is 15.5. The average molecular weight is 412 g/mol. The minimum Gasteiger partial charge on any atom is -0.464 e. The molecule has 0 aromatic heterocycles. The van der Waals surface area contributed by atoms with E-state index < -0.39 is 46.3 Å². The van der Waals surface area contributed by atoms with Crippen LogP contribution in [0.5, 0.6) is 0 Å². The molecule has 0 aromatic rings. The number of ether oxygens (including phenoxy) is 3. The highest BCUT2D eigenvalue weighted by Crippen LogP contribution is 2.24. The average Bonchev–Trinajstić information content (AvgIpc) is 2.48. The van der Waals surface area contributed by atoms with E-state index in [1.165, 1.54) is 11.1 Å². The molecule has 0 radical (unpaired) electrons. The highest BCUT2D eigenvalue weighted by atomic mass is 16.6. The third-order valence-corrected chi connectivity index (χ3v) is 2.82. The zero-order chi connectivity index (χ0) is 23.2. The van der Waals surface area contributed by atoms with Gasteiger partial charge in [-0.15, -0.1) is 0 Å². The van der Waals surface area contributed by atoms with E-state index in [1.807, 2.05) is 0 Å². The van der Waals surface area contributed by atoms with E-state index in [4.69, 9.17) is 14.2 Å². The molecule has 0 aliphatic rings. The van der Waals surface area contributed by atoms with Crippen LogP contribution in [0, 0.1) is 0 Å². The maximum absolute atomic E-state index is 13.0. The zero-order valence-corrected chi connectivity index (χ0v) is 18.9. The summed E-state index contributed by atoms with van der Waals surface area (Å²) >= 11 is 0. The molecular weight excluding hydrogens is 380 g/mol. The molecule has 0 heterocycles. The van der Waals surface area contributed by atoms with Crippen LogP contribution in [0.3, 0.4) is 0 Å². The molecule has 0 atom stereocenters. The summed E-state index contributed by atoms with van der Waals surface area (Å²) in [7, 11) is 4.32. The Morgan fingerprint density at radius 2 is 1.28 bits per heavy atom. The van der Waals surface area contributed by atoms with E-state index in [9.17, 15) is 19.2 Å². The first kappa shape index (κ1) is 26.2. The number of hydrogen-bond donors (Lipinski definition) is 1. The Balaban J connectivity index is 6.93. The first-order chi connectivity index (χ1) is 13.0. The van der Waals surface area contributed by atoms with Crippen molar-refractivity contribution in [1.82, 2.24) is 10.2 Å². The number of nitrogens with zero attached hydrogens (tertiary/aromatic N) is 1. The van der Waals surface area contributed by atoms with Crippen LogP contribution in [0.15, 0.2) is 23.0 Å². The fourth-order valence-electron chi connectivity index (χ4n) is 1.98. The fraction of sp³-hybridized carbons (Fsp3) is 0.600. The van der Waals surface area contributed by atoms with Gasteiger partial charge in [0.25, 0.3) is 0 Å². The minimum absolute atomic E-state index is 0.270. The second-order valence-corrected chi connectivity index (χ2v) is 8.43. The van der Waals surface area contributed by atoms with Crippen molar-refractivity contribution < 1.29 is 33.4 Å². The molecule has 0 unspecified atom stereocenters. The molecule has 0 aromatic carbocycles. The smallest absolute Gasteiger partial charge is 0.355 e. The monoisotopic (exact) mass is 412 g/mol. The topological polar surface area (TPSA) is 111 Å². The van der Waals surface area contributed by atoms with Crippen LogP contribution in [0.25, 0.3) is 0 Å². The molecule has 164 valence electrons. The quantitative estimate of drug-likeness (QED) is 0.304. The van der Waals surface area contributed by atoms with E-state index >= 15 is 0 Å². The van der Waals surface area contributed by atoms with Gasteiger partial charge < -0.3 is 24.4 Å². The predicted molar refractivity (Wildman–Crippen MR) is 106 cm³/mol. The second kappa shape index (κ2) is 10.1. The lowest BCUT2D eigenvalue weighted by molar-refractivity contribution is -0.154. The van der Waals surface area contributed by atoms with Gasteiger partial charge in [-0.25, -0.2) is 14.4 Å². The molecule has 0 spiro atoms. The molecule has 0 aliphatic carbocycles. The van der Waals surface area contributed by atoms with Gasteiger partial charge in [0, 0.05) is 27.2 Å². The fourth-order valence-corrected chi connectivity index (χ4v) is 1.98. The number of esters is 3. The summed E-state index contributed by atoms with van der Waals surface area (Å²) in [5, 5.41) is 2.27. The number of rotatable bonds is 6. The Kier molecular flexibility index (Phi) is 9.10. The van der Waals surface area contributed by atoms with Crippen LogP contribution >= 0.6 is 0 Å². The van der Waals surface area contributed by atoms with Crippen molar-refractivity contribution in [2.45, 2.75) is 59.7 Å². The first-order valence-corrected chi connectivity index (χ1v) is 8.94. The van der Waals surface area contributed by atoms with Crippen molar-refractivity contribution in [2.24, 2.45) is 0 Å². The summed E-state index contributed by atoms with van der Waals surface area (Å²) in [6.45, 7) is 11.0. The summed E-state index contributed by atoms with van der Waals surface area (Å²) in [5.74, 6) is -3.53. The lowest BCUT2D eigenvalue weighted by Crippen LogP contribution is -2.35. The van der Waals surface area contributed by atoms with Gasteiger partial charge in [0.15, 0.2) is 0 Å². The molecule has 0 saturated heterocycles. The van der Waals surface area contributed by atoms with Gasteiger partial charge in [-0.2, -0.15) is 0 Å². The zero-order valence-electron chi connectivity index (χ0n) is 18.9. The van der Waals surface area contributed by atoms with E-state index in [0.29, 0.717) is 0 Å². The van der Waals surface area contributed by atoms with Crippen molar-refractivity contribution in [1.29, 1.82) is 0 Å². The molecular formula is C20H32N2O7. The van der Waals surface area contributed by atoms with Crippen molar-refractivity contribution in [2.75, 3.05) is 21.2 Å². The van der Waals surface area contributed by atoms with Crippen LogP contribution in [0.4, 0.5) is 0 Å². The maximum atomic E-state index is 13.0. The van der Waals surface area contributed by atoms with Crippen LogP contribution < -0.4 is 5.32 Å². The lowest BCUT2D eigenvalue weighted by Gasteiger charge is -2.25. The Morgan fingerprint density at radius 3 is 1.62 bits per heavy atom. The van der Waals surface area contributed by atoms with Crippen LogP contribution in [-0.4, -0.2) is 61.1 Å². The maximum Gasteiger partial charge on any atom is 0.355 e. The molecule has 0 bridgehead atoms. The standard InChI is InChI=1S/C20H32N2O7/c1-12(23)21-15(18(26)27-10)14(17(25)29-20(5,6)7)13(11-22(8)9)16(24)28-19(2,3)4/h11H,1-10H3,(H,21,23)/b13-11+,15-14+. The molecule has 0 rings (SSSR count). The van der Waals surface area contributed by atoms with Crippen molar-refractivity contribution in [3.63, 3.8) is 0 Å². The Bertz CT molecular complexity index is 720. The molecule has 0 fully saturated rings. The lowest BCUT2D eigenvalue weighted by atomic mass is 10.0. The SMILES string of the molecule is COC(=O)/C(NC(C)=O)=C(C(=O)OC(C)(C)C)/C(=C\N(C)C)C(=O)OC(C)(C)C. The van der Waals surface area contributed by atoms with Gasteiger partial charge >= 0.3 is 17.9 Å². The van der Waals surface area contributed by atoms with Crippen LogP contribution in [-0.2, 0) is 33.4 Å². The molecule has 1 N–H and O–H groups in total. The number of methoxy groups -OCH3 is 1. The van der Waals surface area contributed by atoms with Gasteiger partial charge in [-0.3, -0.25) is 4.79 Å². The third-order valence-electron chi connectivity index (χ3n) is 2.82. The highest BCUT2D eigenvalue weighted by Gasteiger charge is 2.35. The second-order valence-electron chi connectivity index (χ2n) is 8.43. The number of carbonyl (C=O) groups excluding carboxylic acids is 4. The van der Waals surface area contributed by atoms with Crippen molar-refractivity contribution >= 4 is 23.8 Å². The predicted octanol–water partition coefficient (Wildman–Crippen LogP) is 1.68. The normalized spacial score (nSPS) is 13.1. The van der Waals surface area contributed by atoms with Gasteiger partial charge in [0.2, 0.25) is 5.91 Å². The van der Waals surface area contributed by atoms with Crippen molar-refractivity contribution in [3.8, 4) is 0 Å². The minimum atomic E-state index is -1.02. The van der Waals surface area contributed by atoms with E-state index in [-0.39, 0.29) is 5.57 Å². The molecule has 0 aliphatic heterocycles. The van der Waals surface area contributed by atoms with Gasteiger partial charge in [-0.05, 0) is 41.5 Å². The van der Waals surface area contributed by atoms with Gasteiger partial charge in [0.05, 0.1) is 12.7 Å². The molecule has 9 heteroatoms. The Hall–Kier alpha value is -2.84. The molecule has 29 heavy (non-hydrogen) atoms. The van der Waals surface area contributed by atoms with Crippen LogP contribution in [0.1, 0.15) is 48.5 Å². The number of nitrogens with one attached hydrogen (secondary N) is 1. The van der Waals surface area contributed by atoms with Crippen LogP contribution in [0.2, 0.25) is 0 Å². The van der Waals surface area contributed by atoms with Gasteiger partial charge in [-0.1, -0.05) is 0 Å². The summed E-state index contributed by atoms with van der Waals surface area (Å²) in [6, 6.07) is 0. The van der Waals surface area contributed by atoms with Gasteiger partial charge in [0.1, 0.15) is 22.5 Å². The van der Waals surface area contributed by atoms with E-state index in [2.05, 4.69) is 5.32 Å². The third kappa shape index (κ3) is 9.77. The first-order valence-electron chi connectivity index (χ1n) is 8.94. The Labute approximate surface area is 172 Å². The summed E-state index contributed by atoms with van der Waals surface area (Å²) in [6.07, 6.45) is 1.30. The Morgan fingerprint density at radius 1 is 0.828 bits per heavy atom. The highest BCUT2D eigenvalue weighted by molar-refractivity contribution is 6.12. The van der Waals surface area contributed by atoms with Crippen molar-refractivity contribution in [3.05, 3.63) is 23.0 Å². The largest absolute Gasteiger partial charge is 0.464 e. The summed E-state index contributed by atoms with van der Waals surface area (Å²) in [5.41, 5.74) is -3.07. The van der Waals surface area contributed by atoms with E-state index in [0.717, 1.165) is 14.0 Å². The van der Waals surface area contributed by atoms with E-state index in [1.54, 1.807) is 55.6 Å². The number of carbonyl (C=O) groups is 4. The number of hydrogen-bond acceptors (Lipinski definition) is 8. The molecule has 0 saturated carbocycles.